The van der Waals surface area contributed by atoms with Crippen molar-refractivity contribution >= 4 is 33.4 Å². The number of hydrogen-bond donors (Lipinski definition) is 3. The van der Waals surface area contributed by atoms with Crippen LogP contribution in [0.5, 0.6) is 0 Å². The standard InChI is InChI=1S/C20H24N6OS/c27-20(23-13-4-3-8-21-12-13)14-7-9-22-19-17(14)24-18(25-19)15-5-6-16(28-15)26-10-1-2-11-26/h5-7,9,13,21H,1-4,8,10-12H2,(H,23,27)(H,22,24,25). The fraction of sp³-hybridized carbons (Fsp3) is 0.450. The quantitative estimate of drug-likeness (QED) is 0.631. The van der Waals surface area contributed by atoms with E-state index in [1.807, 2.05) is 0 Å². The zero-order valence-corrected chi connectivity index (χ0v) is 16.5. The molecule has 2 aliphatic rings. The smallest absolute Gasteiger partial charge is 0.253 e. The summed E-state index contributed by atoms with van der Waals surface area (Å²) in [4.78, 5) is 28.7. The molecule has 2 saturated heterocycles. The summed E-state index contributed by atoms with van der Waals surface area (Å²) < 4.78 is 0. The third-order valence-corrected chi connectivity index (χ3v) is 6.66. The van der Waals surface area contributed by atoms with Gasteiger partial charge in [-0.3, -0.25) is 4.79 Å². The molecule has 0 aliphatic carbocycles. The lowest BCUT2D eigenvalue weighted by Gasteiger charge is -2.23. The normalized spacial score (nSPS) is 20.0. The number of pyridine rings is 1. The van der Waals surface area contributed by atoms with Crippen molar-refractivity contribution in [3.63, 3.8) is 0 Å². The molecule has 0 saturated carbocycles. The van der Waals surface area contributed by atoms with Gasteiger partial charge in [-0.15, -0.1) is 11.3 Å². The molecule has 2 aliphatic heterocycles. The summed E-state index contributed by atoms with van der Waals surface area (Å²) in [5.41, 5.74) is 1.89. The summed E-state index contributed by atoms with van der Waals surface area (Å²) in [7, 11) is 0. The first kappa shape index (κ1) is 17.6. The van der Waals surface area contributed by atoms with Gasteiger partial charge in [0.15, 0.2) is 11.5 Å². The molecule has 1 amide bonds. The number of H-pyrrole nitrogens is 1. The second-order valence-corrected chi connectivity index (χ2v) is 8.55. The number of imidazole rings is 1. The number of nitrogens with one attached hydrogen (secondary N) is 3. The van der Waals surface area contributed by atoms with Crippen molar-refractivity contribution < 1.29 is 4.79 Å². The van der Waals surface area contributed by atoms with Gasteiger partial charge >= 0.3 is 0 Å². The lowest BCUT2D eigenvalue weighted by Crippen LogP contribution is -2.45. The summed E-state index contributed by atoms with van der Waals surface area (Å²) in [5.74, 6) is 0.706. The highest BCUT2D eigenvalue weighted by atomic mass is 32.1. The van der Waals surface area contributed by atoms with E-state index in [4.69, 9.17) is 0 Å². The zero-order chi connectivity index (χ0) is 18.9. The van der Waals surface area contributed by atoms with Gasteiger partial charge in [0.2, 0.25) is 0 Å². The maximum Gasteiger partial charge on any atom is 0.253 e. The van der Waals surface area contributed by atoms with Crippen LogP contribution < -0.4 is 15.5 Å². The number of aromatic nitrogens is 3. The highest BCUT2D eigenvalue weighted by molar-refractivity contribution is 7.19. The summed E-state index contributed by atoms with van der Waals surface area (Å²) in [5, 5.41) is 7.75. The Morgan fingerprint density at radius 1 is 1.21 bits per heavy atom. The summed E-state index contributed by atoms with van der Waals surface area (Å²) >= 11 is 1.74. The van der Waals surface area contributed by atoms with Crippen LogP contribution in [-0.2, 0) is 0 Å². The Hall–Kier alpha value is -2.45. The number of fused-ring (bicyclic) bond motifs is 1. The van der Waals surface area contributed by atoms with E-state index >= 15 is 0 Å². The number of anilines is 1. The molecular weight excluding hydrogens is 372 g/mol. The first-order valence-corrected chi connectivity index (χ1v) is 10.8. The van der Waals surface area contributed by atoms with E-state index in [1.165, 1.54) is 17.8 Å². The molecular formula is C20H24N6OS. The van der Waals surface area contributed by atoms with Crippen LogP contribution >= 0.6 is 11.3 Å². The van der Waals surface area contributed by atoms with Gasteiger partial charge in [0.05, 0.1) is 21.0 Å². The predicted molar refractivity (Wildman–Crippen MR) is 112 cm³/mol. The largest absolute Gasteiger partial charge is 0.363 e. The molecule has 3 aromatic heterocycles. The molecule has 3 N–H and O–H groups in total. The van der Waals surface area contributed by atoms with Crippen molar-refractivity contribution in [3.8, 4) is 10.7 Å². The maximum absolute atomic E-state index is 12.8. The van der Waals surface area contributed by atoms with Crippen LogP contribution in [0.3, 0.4) is 0 Å². The van der Waals surface area contributed by atoms with Crippen LogP contribution in [0.2, 0.25) is 0 Å². The minimum absolute atomic E-state index is 0.0692. The van der Waals surface area contributed by atoms with Crippen LogP contribution in [0.1, 0.15) is 36.0 Å². The van der Waals surface area contributed by atoms with Gasteiger partial charge in [0, 0.05) is 31.9 Å². The van der Waals surface area contributed by atoms with Crippen LogP contribution in [0.4, 0.5) is 5.00 Å². The van der Waals surface area contributed by atoms with E-state index in [2.05, 4.69) is 42.6 Å². The molecule has 7 nitrogen and oxygen atoms in total. The van der Waals surface area contributed by atoms with Crippen molar-refractivity contribution in [2.75, 3.05) is 31.1 Å². The summed E-state index contributed by atoms with van der Waals surface area (Å²) in [6.45, 7) is 4.10. The highest BCUT2D eigenvalue weighted by Crippen LogP contribution is 2.34. The van der Waals surface area contributed by atoms with E-state index in [0.717, 1.165) is 49.7 Å². The van der Waals surface area contributed by atoms with Gasteiger partial charge in [-0.05, 0) is 50.4 Å². The number of carbonyl (C=O) groups excluding carboxylic acids is 1. The number of thiophene rings is 1. The Morgan fingerprint density at radius 3 is 2.93 bits per heavy atom. The lowest BCUT2D eigenvalue weighted by atomic mass is 10.1. The fourth-order valence-electron chi connectivity index (χ4n) is 4.02. The van der Waals surface area contributed by atoms with Crippen molar-refractivity contribution in [2.45, 2.75) is 31.7 Å². The Labute approximate surface area is 167 Å². The van der Waals surface area contributed by atoms with Gasteiger partial charge in [-0.25, -0.2) is 9.97 Å². The average molecular weight is 397 g/mol. The molecule has 2 fully saturated rings. The van der Waals surface area contributed by atoms with Crippen LogP contribution in [0.25, 0.3) is 21.9 Å². The number of hydrogen-bond acceptors (Lipinski definition) is 6. The molecule has 0 spiro atoms. The lowest BCUT2D eigenvalue weighted by molar-refractivity contribution is 0.0932. The van der Waals surface area contributed by atoms with E-state index < -0.39 is 0 Å². The Morgan fingerprint density at radius 2 is 2.11 bits per heavy atom. The van der Waals surface area contributed by atoms with Gasteiger partial charge < -0.3 is 20.5 Å². The number of carbonyl (C=O) groups is 1. The number of nitrogens with zero attached hydrogens (tertiary/aromatic N) is 3. The minimum Gasteiger partial charge on any atom is -0.363 e. The third kappa shape index (κ3) is 3.38. The maximum atomic E-state index is 12.8. The summed E-state index contributed by atoms with van der Waals surface area (Å²) in [6.07, 6.45) is 6.27. The molecule has 8 heteroatoms. The first-order chi connectivity index (χ1) is 13.8. The SMILES string of the molecule is O=C(NC1CCCNC1)c1ccnc2nc(-c3ccc(N4CCCC4)s3)[nH]c12. The molecule has 5 rings (SSSR count). The van der Waals surface area contributed by atoms with E-state index in [-0.39, 0.29) is 11.9 Å². The Balaban J connectivity index is 1.41. The predicted octanol–water partition coefficient (Wildman–Crippen LogP) is 2.77. The monoisotopic (exact) mass is 396 g/mol. The number of rotatable bonds is 4. The number of piperidine rings is 1. The van der Waals surface area contributed by atoms with E-state index in [1.54, 1.807) is 23.6 Å². The first-order valence-electron chi connectivity index (χ1n) is 9.99. The molecule has 0 radical (unpaired) electrons. The van der Waals surface area contributed by atoms with Crippen molar-refractivity contribution in [2.24, 2.45) is 0 Å². The third-order valence-electron chi connectivity index (χ3n) is 5.51. The molecule has 0 bridgehead atoms. The zero-order valence-electron chi connectivity index (χ0n) is 15.7. The molecule has 1 unspecified atom stereocenters. The van der Waals surface area contributed by atoms with Gasteiger partial charge in [0.1, 0.15) is 0 Å². The summed E-state index contributed by atoms with van der Waals surface area (Å²) in [6, 6.07) is 6.20. The molecule has 3 aromatic rings. The number of amides is 1. The van der Waals surface area contributed by atoms with Gasteiger partial charge in [0.25, 0.3) is 5.91 Å². The van der Waals surface area contributed by atoms with Crippen LogP contribution in [-0.4, -0.2) is 53.1 Å². The molecule has 28 heavy (non-hydrogen) atoms. The van der Waals surface area contributed by atoms with E-state index in [9.17, 15) is 4.79 Å². The van der Waals surface area contributed by atoms with Crippen LogP contribution in [0, 0.1) is 0 Å². The average Bonchev–Trinajstić information content (AvgIpc) is 3.47. The van der Waals surface area contributed by atoms with Crippen molar-refractivity contribution in [1.29, 1.82) is 0 Å². The second kappa shape index (κ2) is 7.52. The minimum atomic E-state index is -0.0692. The topological polar surface area (TPSA) is 85.9 Å². The Bertz CT molecular complexity index is 984. The van der Waals surface area contributed by atoms with E-state index in [0.29, 0.717) is 16.7 Å². The number of aromatic amines is 1. The van der Waals surface area contributed by atoms with Crippen molar-refractivity contribution in [3.05, 3.63) is 30.0 Å². The Kier molecular flexibility index (Phi) is 4.74. The highest BCUT2D eigenvalue weighted by Gasteiger charge is 2.21. The molecule has 0 aromatic carbocycles. The van der Waals surface area contributed by atoms with Crippen LogP contribution in [0.15, 0.2) is 24.4 Å². The van der Waals surface area contributed by atoms with Gasteiger partial charge in [-0.2, -0.15) is 0 Å². The molecule has 146 valence electrons. The molecule has 5 heterocycles. The fourth-order valence-corrected chi connectivity index (χ4v) is 5.02. The van der Waals surface area contributed by atoms with Gasteiger partial charge in [-0.1, -0.05) is 0 Å². The second-order valence-electron chi connectivity index (χ2n) is 7.49. The van der Waals surface area contributed by atoms with Crippen molar-refractivity contribution in [1.82, 2.24) is 25.6 Å². The molecule has 1 atom stereocenters.